The number of rotatable bonds is 10. The molecule has 0 spiro atoms. The Kier molecular flexibility index (Phi) is 8.78. The number of carbonyl (C=O) groups is 2. The van der Waals surface area contributed by atoms with Crippen LogP contribution in [0, 0.1) is 0 Å². The number of hydrogen-bond donors (Lipinski definition) is 1. The van der Waals surface area contributed by atoms with E-state index in [-0.39, 0.29) is 12.5 Å². The first-order valence-electron chi connectivity index (χ1n) is 8.87. The van der Waals surface area contributed by atoms with E-state index in [9.17, 15) is 9.59 Å². The Labute approximate surface area is 166 Å². The summed E-state index contributed by atoms with van der Waals surface area (Å²) in [6, 6.07) is 7.80. The Hall–Kier alpha value is -1.57. The minimum Gasteiger partial charge on any atom is -0.480 e. The van der Waals surface area contributed by atoms with Crippen LogP contribution in [-0.4, -0.2) is 59.1 Å². The van der Waals surface area contributed by atoms with Gasteiger partial charge in [-0.2, -0.15) is 0 Å². The monoisotopic (exact) mass is 397 g/mol. The van der Waals surface area contributed by atoms with Gasteiger partial charge in [0.2, 0.25) is 0 Å². The van der Waals surface area contributed by atoms with E-state index in [0.29, 0.717) is 19.7 Å². The highest BCUT2D eigenvalue weighted by molar-refractivity contribution is 8.01. The maximum atomic E-state index is 12.4. The zero-order chi connectivity index (χ0) is 20.7. The number of benzene rings is 1. The van der Waals surface area contributed by atoms with Crippen molar-refractivity contribution < 1.29 is 24.2 Å². The molecule has 0 amide bonds. The van der Waals surface area contributed by atoms with Crippen molar-refractivity contribution in [1.29, 1.82) is 0 Å². The molecule has 0 bridgehead atoms. The number of carbonyl (C=O) groups excluding carboxylic acids is 1. The molecule has 0 radical (unpaired) electrons. The summed E-state index contributed by atoms with van der Waals surface area (Å²) in [4.78, 5) is 26.2. The number of nitrogens with zero attached hydrogens (tertiary/aromatic N) is 1. The third-order valence-electron chi connectivity index (χ3n) is 3.56. The molecule has 0 saturated carbocycles. The Bertz CT molecular complexity index is 622. The highest BCUT2D eigenvalue weighted by Gasteiger charge is 2.33. The number of hydrogen-bond acceptors (Lipinski definition) is 6. The topological polar surface area (TPSA) is 76.1 Å². The highest BCUT2D eigenvalue weighted by atomic mass is 32.2. The Morgan fingerprint density at radius 3 is 2.19 bits per heavy atom. The summed E-state index contributed by atoms with van der Waals surface area (Å²) in [5.74, 6) is -1.12. The Balaban J connectivity index is 2.74. The number of aliphatic carboxylic acids is 1. The highest BCUT2D eigenvalue weighted by Crippen LogP contribution is 2.34. The smallest absolute Gasteiger partial charge is 0.322 e. The van der Waals surface area contributed by atoms with E-state index in [4.69, 9.17) is 14.6 Å². The molecule has 0 heterocycles. The van der Waals surface area contributed by atoms with E-state index in [1.807, 2.05) is 63.8 Å². The molecule has 0 atom stereocenters. The largest absolute Gasteiger partial charge is 0.480 e. The van der Waals surface area contributed by atoms with Crippen LogP contribution in [0.25, 0.3) is 0 Å². The Morgan fingerprint density at radius 2 is 1.70 bits per heavy atom. The molecule has 7 heteroatoms. The van der Waals surface area contributed by atoms with Crippen molar-refractivity contribution in [2.75, 3.05) is 26.8 Å². The molecule has 1 N–H and O–H groups in total. The van der Waals surface area contributed by atoms with Crippen LogP contribution >= 0.6 is 11.8 Å². The number of methoxy groups -OCH3 is 1. The van der Waals surface area contributed by atoms with Crippen LogP contribution in [0.4, 0.5) is 0 Å². The maximum Gasteiger partial charge on any atom is 0.322 e. The van der Waals surface area contributed by atoms with Crippen molar-refractivity contribution in [2.24, 2.45) is 0 Å². The van der Waals surface area contributed by atoms with Crippen LogP contribution in [0.3, 0.4) is 0 Å². The lowest BCUT2D eigenvalue weighted by molar-refractivity contribution is -0.156. The predicted octanol–water partition coefficient (Wildman–Crippen LogP) is 3.43. The average molecular weight is 398 g/mol. The summed E-state index contributed by atoms with van der Waals surface area (Å²) in [6.45, 7) is 10.8. The van der Waals surface area contributed by atoms with Gasteiger partial charge in [-0.3, -0.25) is 14.5 Å². The molecular weight excluding hydrogens is 366 g/mol. The third-order valence-corrected chi connectivity index (χ3v) is 4.75. The zero-order valence-corrected chi connectivity index (χ0v) is 17.9. The van der Waals surface area contributed by atoms with E-state index < -0.39 is 16.3 Å². The summed E-state index contributed by atoms with van der Waals surface area (Å²) in [6.07, 6.45) is 0. The summed E-state index contributed by atoms with van der Waals surface area (Å²) in [5.41, 5.74) is 0.487. The van der Waals surface area contributed by atoms with Crippen molar-refractivity contribution in [3.05, 3.63) is 29.8 Å². The van der Waals surface area contributed by atoms with Crippen LogP contribution in [0.5, 0.6) is 0 Å². The number of carboxylic acids is 1. The van der Waals surface area contributed by atoms with Gasteiger partial charge < -0.3 is 14.6 Å². The molecular formula is C20H31NO5S. The molecule has 0 fully saturated rings. The van der Waals surface area contributed by atoms with Crippen molar-refractivity contribution in [2.45, 2.75) is 56.4 Å². The average Bonchev–Trinajstić information content (AvgIpc) is 2.52. The van der Waals surface area contributed by atoms with E-state index in [2.05, 4.69) is 0 Å². The number of esters is 1. The van der Waals surface area contributed by atoms with Crippen molar-refractivity contribution >= 4 is 23.7 Å². The Morgan fingerprint density at radius 1 is 1.11 bits per heavy atom. The summed E-state index contributed by atoms with van der Waals surface area (Å²) in [7, 11) is 1.59. The van der Waals surface area contributed by atoms with Crippen molar-refractivity contribution in [3.8, 4) is 0 Å². The second kappa shape index (κ2) is 10.1. The molecule has 6 nitrogen and oxygen atoms in total. The van der Waals surface area contributed by atoms with Gasteiger partial charge in [0.1, 0.15) is 10.3 Å². The molecule has 0 unspecified atom stereocenters. The van der Waals surface area contributed by atoms with Gasteiger partial charge in [-0.25, -0.2) is 0 Å². The van der Waals surface area contributed by atoms with Crippen LogP contribution < -0.4 is 0 Å². The van der Waals surface area contributed by atoms with Crippen LogP contribution in [0.1, 0.15) is 40.2 Å². The van der Waals surface area contributed by atoms with Gasteiger partial charge in [0.25, 0.3) is 0 Å². The minimum absolute atomic E-state index is 0.0362. The molecule has 0 aromatic heterocycles. The summed E-state index contributed by atoms with van der Waals surface area (Å²) in [5, 5.41) is 9.04. The van der Waals surface area contributed by atoms with Gasteiger partial charge in [-0.05, 0) is 52.3 Å². The van der Waals surface area contributed by atoms with E-state index in [0.717, 1.165) is 10.5 Å². The van der Waals surface area contributed by atoms with Crippen molar-refractivity contribution in [1.82, 2.24) is 4.90 Å². The first-order chi connectivity index (χ1) is 12.4. The lowest BCUT2D eigenvalue weighted by atomic mass is 10.1. The molecule has 27 heavy (non-hydrogen) atoms. The third kappa shape index (κ3) is 9.26. The number of ether oxygens (including phenoxy) is 2. The number of thioether (sulfide) groups is 1. The van der Waals surface area contributed by atoms with Gasteiger partial charge >= 0.3 is 11.9 Å². The predicted molar refractivity (Wildman–Crippen MR) is 107 cm³/mol. The van der Waals surface area contributed by atoms with Crippen LogP contribution in [-0.2, 0) is 25.6 Å². The standard InChI is InChI=1S/C20H31NO5S/c1-19(2,3)26-18(24)20(4,5)27-16-9-7-15(8-10-16)13-21(11-12-25-6)14-17(22)23/h7-10H,11-14H2,1-6H3,(H,22,23). The van der Waals surface area contributed by atoms with E-state index >= 15 is 0 Å². The maximum absolute atomic E-state index is 12.4. The normalized spacial score (nSPS) is 12.3. The van der Waals surface area contributed by atoms with Crippen LogP contribution in [0.2, 0.25) is 0 Å². The van der Waals surface area contributed by atoms with Gasteiger partial charge in [0, 0.05) is 25.1 Å². The SMILES string of the molecule is COCCN(CC(=O)O)Cc1ccc(SC(C)(C)C(=O)OC(C)(C)C)cc1. The summed E-state index contributed by atoms with van der Waals surface area (Å²) >= 11 is 1.44. The molecule has 1 aromatic carbocycles. The molecule has 152 valence electrons. The van der Waals surface area contributed by atoms with E-state index in [1.54, 1.807) is 7.11 Å². The van der Waals surface area contributed by atoms with E-state index in [1.165, 1.54) is 11.8 Å². The van der Waals surface area contributed by atoms with Crippen molar-refractivity contribution in [3.63, 3.8) is 0 Å². The number of carboxylic acid groups (broad SMARTS) is 1. The summed E-state index contributed by atoms with van der Waals surface area (Å²) < 4.78 is 9.83. The molecule has 0 aliphatic heterocycles. The second-order valence-corrected chi connectivity index (χ2v) is 9.55. The second-order valence-electron chi connectivity index (χ2n) is 7.86. The van der Waals surface area contributed by atoms with Crippen LogP contribution in [0.15, 0.2) is 29.2 Å². The first-order valence-corrected chi connectivity index (χ1v) is 9.69. The lowest BCUT2D eigenvalue weighted by Crippen LogP contribution is -2.36. The molecule has 0 saturated heterocycles. The quantitative estimate of drug-likeness (QED) is 0.479. The fourth-order valence-electron chi connectivity index (χ4n) is 2.28. The van der Waals surface area contributed by atoms with Gasteiger partial charge in [0.15, 0.2) is 0 Å². The first kappa shape index (κ1) is 23.5. The fourth-order valence-corrected chi connectivity index (χ4v) is 3.27. The van der Waals surface area contributed by atoms with Gasteiger partial charge in [-0.1, -0.05) is 12.1 Å². The van der Waals surface area contributed by atoms with Gasteiger partial charge in [-0.15, -0.1) is 11.8 Å². The molecule has 0 aliphatic rings. The van der Waals surface area contributed by atoms with Gasteiger partial charge in [0.05, 0.1) is 13.2 Å². The zero-order valence-electron chi connectivity index (χ0n) is 17.1. The molecule has 1 aromatic rings. The lowest BCUT2D eigenvalue weighted by Gasteiger charge is -2.28. The molecule has 1 rings (SSSR count). The molecule has 0 aliphatic carbocycles. The minimum atomic E-state index is -0.864. The fraction of sp³-hybridized carbons (Fsp3) is 0.600.